The summed E-state index contributed by atoms with van der Waals surface area (Å²) in [6.07, 6.45) is 0. The van der Waals surface area contributed by atoms with Gasteiger partial charge in [-0.3, -0.25) is 0 Å². The van der Waals surface area contributed by atoms with E-state index in [9.17, 15) is 0 Å². The minimum atomic E-state index is 1.20. The first-order valence-electron chi connectivity index (χ1n) is 22.2. The van der Waals surface area contributed by atoms with Crippen molar-refractivity contribution in [1.29, 1.82) is 0 Å². The molecule has 0 atom stereocenters. The summed E-state index contributed by atoms with van der Waals surface area (Å²) in [7, 11) is 0. The Kier molecular flexibility index (Phi) is 9.28. The highest BCUT2D eigenvalue weighted by molar-refractivity contribution is 6.28. The Balaban J connectivity index is 1.04. The first-order chi connectivity index (χ1) is 31.7. The van der Waals surface area contributed by atoms with Crippen molar-refractivity contribution in [1.82, 2.24) is 0 Å². The summed E-state index contributed by atoms with van der Waals surface area (Å²) in [5.74, 6) is 0. The lowest BCUT2D eigenvalue weighted by Crippen LogP contribution is -1.93. The quantitative estimate of drug-likeness (QED) is 0.134. The topological polar surface area (TPSA) is 0 Å². The maximum atomic E-state index is 2.36. The van der Waals surface area contributed by atoms with Crippen LogP contribution in [0.25, 0.3) is 121 Å². The zero-order chi connectivity index (χ0) is 42.4. The number of hydrogen-bond acceptors (Lipinski definition) is 0. The molecule has 12 aromatic rings. The third kappa shape index (κ3) is 6.65. The van der Waals surface area contributed by atoms with E-state index >= 15 is 0 Å². The molecule has 0 heterocycles. The van der Waals surface area contributed by atoms with Gasteiger partial charge in [0.15, 0.2) is 0 Å². The summed E-state index contributed by atoms with van der Waals surface area (Å²) in [5, 5.41) is 7.64. The predicted molar refractivity (Wildman–Crippen MR) is 274 cm³/mol. The molecule has 0 nitrogen and oxygen atoms in total. The Hall–Kier alpha value is -8.32. The van der Waals surface area contributed by atoms with Crippen molar-refractivity contribution in [2.45, 2.75) is 0 Å². The molecule has 0 spiro atoms. The van der Waals surface area contributed by atoms with Crippen molar-refractivity contribution in [2.24, 2.45) is 0 Å². The molecule has 64 heavy (non-hydrogen) atoms. The second-order valence-electron chi connectivity index (χ2n) is 16.8. The van der Waals surface area contributed by atoms with E-state index in [0.29, 0.717) is 0 Å². The Bertz CT molecular complexity index is 3260. The highest BCUT2D eigenvalue weighted by atomic mass is 14.2. The molecule has 0 unspecified atom stereocenters. The van der Waals surface area contributed by atoms with Crippen LogP contribution in [0.15, 0.2) is 255 Å². The SMILES string of the molecule is c1ccc(-c2cc(-c3ccccc3)cc(-c3ccccc3-c3ccc4ccc5c(-c6ccccc6-c6cc(-c7ccccc7)cc(-c7ccccc7)c6)ccc6ccc3c4c65)c2)cc1. The fourth-order valence-corrected chi connectivity index (χ4v) is 9.97. The van der Waals surface area contributed by atoms with Crippen molar-refractivity contribution < 1.29 is 0 Å². The van der Waals surface area contributed by atoms with Gasteiger partial charge in [-0.1, -0.05) is 218 Å². The van der Waals surface area contributed by atoms with Crippen LogP contribution >= 0.6 is 0 Å². The van der Waals surface area contributed by atoms with Gasteiger partial charge in [-0.05, 0) is 158 Å². The molecule has 0 saturated carbocycles. The van der Waals surface area contributed by atoms with Crippen molar-refractivity contribution >= 4 is 32.3 Å². The third-order valence-corrected chi connectivity index (χ3v) is 13.0. The van der Waals surface area contributed by atoms with Gasteiger partial charge in [0, 0.05) is 0 Å². The van der Waals surface area contributed by atoms with Crippen LogP contribution in [0.4, 0.5) is 0 Å². The van der Waals surface area contributed by atoms with Crippen molar-refractivity contribution in [3.05, 3.63) is 255 Å². The average molecular weight is 811 g/mol. The summed E-state index contributed by atoms with van der Waals surface area (Å²) < 4.78 is 0. The van der Waals surface area contributed by atoms with Crippen molar-refractivity contribution in [3.8, 4) is 89.0 Å². The number of hydrogen-bond donors (Lipinski definition) is 0. The van der Waals surface area contributed by atoms with E-state index in [4.69, 9.17) is 0 Å². The minimum absolute atomic E-state index is 1.20. The minimum Gasteiger partial charge on any atom is -0.0622 e. The zero-order valence-corrected chi connectivity index (χ0v) is 35.2. The molecule has 0 N–H and O–H groups in total. The van der Waals surface area contributed by atoms with Crippen molar-refractivity contribution in [2.75, 3.05) is 0 Å². The van der Waals surface area contributed by atoms with E-state index in [0.717, 1.165) is 0 Å². The molecule has 0 heteroatoms. The summed E-state index contributed by atoms with van der Waals surface area (Å²) in [6, 6.07) is 93.6. The standard InChI is InChI=1S/C64H42/c1-5-17-43(18-6-1)49-37-50(44-19-7-2-8-20-44)40-53(39-49)55-25-13-15-27-57(55)59-33-29-47-32-36-62-60(34-30-48-31-35-61(59)63(47)64(48)62)58-28-16-14-26-56(58)54-41-51(45-21-9-3-10-22-45)38-52(42-54)46-23-11-4-12-24-46/h1-42H. The molecule has 0 bridgehead atoms. The van der Waals surface area contributed by atoms with Gasteiger partial charge in [0.25, 0.3) is 0 Å². The second kappa shape index (κ2) is 15.9. The Morgan fingerprint density at radius 3 is 0.750 bits per heavy atom. The smallest absolute Gasteiger partial charge is 0.00203 e. The molecule has 0 radical (unpaired) electrons. The molecular formula is C64H42. The molecule has 0 aromatic heterocycles. The second-order valence-corrected chi connectivity index (χ2v) is 16.8. The fourth-order valence-electron chi connectivity index (χ4n) is 9.97. The first kappa shape index (κ1) is 37.4. The van der Waals surface area contributed by atoms with Crippen LogP contribution in [-0.2, 0) is 0 Å². The summed E-state index contributed by atoms with van der Waals surface area (Å²) >= 11 is 0. The summed E-state index contributed by atoms with van der Waals surface area (Å²) in [5.41, 5.74) is 19.4. The summed E-state index contributed by atoms with van der Waals surface area (Å²) in [4.78, 5) is 0. The highest BCUT2D eigenvalue weighted by Gasteiger charge is 2.19. The van der Waals surface area contributed by atoms with E-state index in [1.807, 2.05) is 0 Å². The van der Waals surface area contributed by atoms with Gasteiger partial charge in [-0.25, -0.2) is 0 Å². The van der Waals surface area contributed by atoms with Crippen LogP contribution in [0.5, 0.6) is 0 Å². The number of benzene rings is 12. The van der Waals surface area contributed by atoms with E-state index in [1.54, 1.807) is 0 Å². The molecule has 0 saturated heterocycles. The largest absolute Gasteiger partial charge is 0.0622 e. The molecule has 0 amide bonds. The molecule has 298 valence electrons. The molecule has 0 aliphatic heterocycles. The lowest BCUT2D eigenvalue weighted by Gasteiger charge is -2.20. The first-order valence-corrected chi connectivity index (χ1v) is 22.2. The zero-order valence-electron chi connectivity index (χ0n) is 35.2. The van der Waals surface area contributed by atoms with E-state index in [2.05, 4.69) is 255 Å². The van der Waals surface area contributed by atoms with Gasteiger partial charge in [0.2, 0.25) is 0 Å². The molecule has 0 aliphatic rings. The lowest BCUT2D eigenvalue weighted by molar-refractivity contribution is 1.56. The fraction of sp³-hybridized carbons (Fsp3) is 0. The highest BCUT2D eigenvalue weighted by Crippen LogP contribution is 2.46. The van der Waals surface area contributed by atoms with Crippen LogP contribution < -0.4 is 0 Å². The van der Waals surface area contributed by atoms with Gasteiger partial charge in [-0.2, -0.15) is 0 Å². The van der Waals surface area contributed by atoms with Crippen LogP contribution in [0, 0.1) is 0 Å². The number of rotatable bonds is 8. The third-order valence-electron chi connectivity index (χ3n) is 13.0. The molecular weight excluding hydrogens is 769 g/mol. The average Bonchev–Trinajstić information content (AvgIpc) is 3.38. The maximum absolute atomic E-state index is 2.36. The van der Waals surface area contributed by atoms with Gasteiger partial charge in [0.1, 0.15) is 0 Å². The van der Waals surface area contributed by atoms with E-state index < -0.39 is 0 Å². The Labute approximate surface area is 374 Å². The maximum Gasteiger partial charge on any atom is -0.00203 e. The van der Waals surface area contributed by atoms with E-state index in [1.165, 1.54) is 121 Å². The predicted octanol–water partition coefficient (Wildman–Crippen LogP) is 17.9. The van der Waals surface area contributed by atoms with E-state index in [-0.39, 0.29) is 0 Å². The van der Waals surface area contributed by atoms with Gasteiger partial charge < -0.3 is 0 Å². The van der Waals surface area contributed by atoms with Crippen LogP contribution in [0.1, 0.15) is 0 Å². The van der Waals surface area contributed by atoms with Crippen LogP contribution in [0.3, 0.4) is 0 Å². The summed E-state index contributed by atoms with van der Waals surface area (Å²) in [6.45, 7) is 0. The molecule has 0 fully saturated rings. The van der Waals surface area contributed by atoms with Gasteiger partial charge >= 0.3 is 0 Å². The van der Waals surface area contributed by atoms with Crippen LogP contribution in [0.2, 0.25) is 0 Å². The normalized spacial score (nSPS) is 11.4. The van der Waals surface area contributed by atoms with Gasteiger partial charge in [-0.15, -0.1) is 0 Å². The Morgan fingerprint density at radius 1 is 0.156 bits per heavy atom. The van der Waals surface area contributed by atoms with Gasteiger partial charge in [0.05, 0.1) is 0 Å². The molecule has 0 aliphatic carbocycles. The lowest BCUT2D eigenvalue weighted by atomic mass is 9.84. The monoisotopic (exact) mass is 810 g/mol. The molecule has 12 aromatic carbocycles. The van der Waals surface area contributed by atoms with Crippen molar-refractivity contribution in [3.63, 3.8) is 0 Å². The molecule has 12 rings (SSSR count). The van der Waals surface area contributed by atoms with Crippen LogP contribution in [-0.4, -0.2) is 0 Å². The Morgan fingerprint density at radius 2 is 0.422 bits per heavy atom.